The number of benzene rings is 2. The summed E-state index contributed by atoms with van der Waals surface area (Å²) in [5.41, 5.74) is 2.16. The second kappa shape index (κ2) is 10.6. The SMILES string of the molecule is COC(=O)CCCNC(=O)C(Cc1c[nH]c2ccccc12)NC(=O)c1ccccc1Cl. The molecule has 0 aliphatic rings. The number of nitrogens with one attached hydrogen (secondary N) is 3. The van der Waals surface area contributed by atoms with E-state index < -0.39 is 11.9 Å². The number of aromatic amines is 1. The van der Waals surface area contributed by atoms with E-state index in [1.807, 2.05) is 30.5 Å². The Hall–Kier alpha value is -3.32. The molecule has 3 aromatic rings. The van der Waals surface area contributed by atoms with E-state index in [1.165, 1.54) is 7.11 Å². The first-order valence-corrected chi connectivity index (χ1v) is 10.3. The highest BCUT2D eigenvalue weighted by Crippen LogP contribution is 2.20. The zero-order valence-corrected chi connectivity index (χ0v) is 17.9. The summed E-state index contributed by atoms with van der Waals surface area (Å²) in [5, 5.41) is 6.88. The number of methoxy groups -OCH3 is 1. The van der Waals surface area contributed by atoms with Gasteiger partial charge in [-0.15, -0.1) is 0 Å². The van der Waals surface area contributed by atoms with Crippen molar-refractivity contribution in [2.24, 2.45) is 0 Å². The smallest absolute Gasteiger partial charge is 0.305 e. The molecule has 0 saturated heterocycles. The molecule has 1 unspecified atom stereocenters. The number of amides is 2. The lowest BCUT2D eigenvalue weighted by Crippen LogP contribution is -2.48. The van der Waals surface area contributed by atoms with Gasteiger partial charge in [0.1, 0.15) is 6.04 Å². The molecule has 0 spiro atoms. The number of halogens is 1. The molecule has 3 N–H and O–H groups in total. The number of fused-ring (bicyclic) bond motifs is 1. The molecular formula is C23H24ClN3O4. The van der Waals surface area contributed by atoms with Crippen LogP contribution in [0.5, 0.6) is 0 Å². The largest absolute Gasteiger partial charge is 0.469 e. The summed E-state index contributed by atoms with van der Waals surface area (Å²) in [6.07, 6.45) is 2.78. The molecule has 8 heteroatoms. The molecule has 2 aromatic carbocycles. The van der Waals surface area contributed by atoms with Crippen LogP contribution in [0.4, 0.5) is 0 Å². The average Bonchev–Trinajstić information content (AvgIpc) is 3.19. The Labute approximate surface area is 185 Å². The zero-order valence-electron chi connectivity index (χ0n) is 17.1. The first-order chi connectivity index (χ1) is 15.0. The van der Waals surface area contributed by atoms with E-state index in [9.17, 15) is 14.4 Å². The van der Waals surface area contributed by atoms with Gasteiger partial charge in [-0.25, -0.2) is 0 Å². The molecule has 1 atom stereocenters. The Balaban J connectivity index is 1.74. The third kappa shape index (κ3) is 5.86. The summed E-state index contributed by atoms with van der Waals surface area (Å²) < 4.78 is 4.60. The Bertz CT molecular complexity index is 1080. The van der Waals surface area contributed by atoms with Crippen LogP contribution in [0.3, 0.4) is 0 Å². The van der Waals surface area contributed by atoms with E-state index in [-0.39, 0.29) is 18.3 Å². The molecule has 0 fully saturated rings. The summed E-state index contributed by atoms with van der Waals surface area (Å²) in [7, 11) is 1.32. The molecule has 0 aliphatic carbocycles. The predicted octanol–water partition coefficient (Wildman–Crippen LogP) is 3.23. The number of ether oxygens (including phenoxy) is 1. The van der Waals surface area contributed by atoms with Crippen molar-refractivity contribution >= 4 is 40.3 Å². The summed E-state index contributed by atoms with van der Waals surface area (Å²) >= 11 is 6.14. The summed E-state index contributed by atoms with van der Waals surface area (Å²) in [5.74, 6) is -1.10. The van der Waals surface area contributed by atoms with Crippen molar-refractivity contribution in [1.29, 1.82) is 0 Å². The molecule has 31 heavy (non-hydrogen) atoms. The van der Waals surface area contributed by atoms with Gasteiger partial charge < -0.3 is 20.4 Å². The minimum Gasteiger partial charge on any atom is -0.469 e. The van der Waals surface area contributed by atoms with Gasteiger partial charge in [0.15, 0.2) is 0 Å². The molecule has 7 nitrogen and oxygen atoms in total. The lowest BCUT2D eigenvalue weighted by molar-refractivity contribution is -0.140. The van der Waals surface area contributed by atoms with Gasteiger partial charge in [-0.1, -0.05) is 41.9 Å². The van der Waals surface area contributed by atoms with Crippen LogP contribution in [0.2, 0.25) is 5.02 Å². The van der Waals surface area contributed by atoms with E-state index in [0.29, 0.717) is 30.0 Å². The molecule has 1 aromatic heterocycles. The predicted molar refractivity (Wildman–Crippen MR) is 119 cm³/mol. The van der Waals surface area contributed by atoms with E-state index >= 15 is 0 Å². The standard InChI is InChI=1S/C23H24ClN3O4/c1-31-21(28)11-6-12-25-23(30)20(27-22(29)17-8-2-4-9-18(17)24)13-15-14-26-19-10-5-3-7-16(15)19/h2-5,7-10,14,20,26H,6,11-13H2,1H3,(H,25,30)(H,27,29). The minimum atomic E-state index is -0.818. The monoisotopic (exact) mass is 441 g/mol. The molecular weight excluding hydrogens is 418 g/mol. The number of para-hydroxylation sites is 1. The molecule has 3 rings (SSSR count). The van der Waals surface area contributed by atoms with Crippen molar-refractivity contribution in [1.82, 2.24) is 15.6 Å². The van der Waals surface area contributed by atoms with Gasteiger partial charge in [-0.2, -0.15) is 0 Å². The number of hydrogen-bond donors (Lipinski definition) is 3. The van der Waals surface area contributed by atoms with Crippen molar-refractivity contribution < 1.29 is 19.1 Å². The number of carbonyl (C=O) groups excluding carboxylic acids is 3. The van der Waals surface area contributed by atoms with Crippen molar-refractivity contribution in [3.63, 3.8) is 0 Å². The van der Waals surface area contributed by atoms with Crippen LogP contribution in [0, 0.1) is 0 Å². The van der Waals surface area contributed by atoms with Crippen molar-refractivity contribution in [2.45, 2.75) is 25.3 Å². The number of esters is 1. The number of rotatable bonds is 9. The third-order valence-corrected chi connectivity index (χ3v) is 5.25. The maximum atomic E-state index is 12.9. The third-order valence-electron chi connectivity index (χ3n) is 4.92. The maximum absolute atomic E-state index is 12.9. The average molecular weight is 442 g/mol. The van der Waals surface area contributed by atoms with Gasteiger partial charge in [0, 0.05) is 36.5 Å². The number of hydrogen-bond acceptors (Lipinski definition) is 4. The molecule has 0 aliphatic heterocycles. The van der Waals surface area contributed by atoms with Crippen LogP contribution < -0.4 is 10.6 Å². The first kappa shape index (κ1) is 22.4. The Morgan fingerprint density at radius 1 is 1.10 bits per heavy atom. The molecule has 0 radical (unpaired) electrons. The van der Waals surface area contributed by atoms with E-state index in [1.54, 1.807) is 24.3 Å². The van der Waals surface area contributed by atoms with E-state index in [4.69, 9.17) is 11.6 Å². The number of carbonyl (C=O) groups is 3. The van der Waals surface area contributed by atoms with Crippen LogP contribution in [0.1, 0.15) is 28.8 Å². The minimum absolute atomic E-state index is 0.204. The lowest BCUT2D eigenvalue weighted by Gasteiger charge is -2.19. The van der Waals surface area contributed by atoms with Gasteiger partial charge in [0.05, 0.1) is 17.7 Å². The highest BCUT2D eigenvalue weighted by atomic mass is 35.5. The molecule has 0 bridgehead atoms. The molecule has 2 amide bonds. The molecule has 1 heterocycles. The Kier molecular flexibility index (Phi) is 7.67. The van der Waals surface area contributed by atoms with E-state index in [2.05, 4.69) is 20.4 Å². The zero-order chi connectivity index (χ0) is 22.2. The number of aromatic nitrogens is 1. The summed E-state index contributed by atoms with van der Waals surface area (Å²) in [6.45, 7) is 0.292. The lowest BCUT2D eigenvalue weighted by atomic mass is 10.0. The van der Waals surface area contributed by atoms with Gasteiger partial charge in [0.25, 0.3) is 5.91 Å². The van der Waals surface area contributed by atoms with Gasteiger partial charge in [-0.3, -0.25) is 14.4 Å². The van der Waals surface area contributed by atoms with Gasteiger partial charge in [-0.05, 0) is 30.2 Å². The van der Waals surface area contributed by atoms with E-state index in [0.717, 1.165) is 16.5 Å². The van der Waals surface area contributed by atoms with Crippen LogP contribution >= 0.6 is 11.6 Å². The van der Waals surface area contributed by atoms with Crippen LogP contribution in [-0.2, 0) is 20.7 Å². The molecule has 162 valence electrons. The van der Waals surface area contributed by atoms with Crippen molar-refractivity contribution in [3.05, 3.63) is 70.9 Å². The second-order valence-corrected chi connectivity index (χ2v) is 7.45. The van der Waals surface area contributed by atoms with Crippen LogP contribution in [0.15, 0.2) is 54.7 Å². The van der Waals surface area contributed by atoms with Crippen molar-refractivity contribution in [3.8, 4) is 0 Å². The first-order valence-electron chi connectivity index (χ1n) is 9.94. The fourth-order valence-corrected chi connectivity index (χ4v) is 3.50. The van der Waals surface area contributed by atoms with Crippen LogP contribution in [0.25, 0.3) is 10.9 Å². The Morgan fingerprint density at radius 2 is 1.84 bits per heavy atom. The topological polar surface area (TPSA) is 100 Å². The maximum Gasteiger partial charge on any atom is 0.305 e. The quantitative estimate of drug-likeness (QED) is 0.350. The van der Waals surface area contributed by atoms with Crippen LogP contribution in [-0.4, -0.2) is 42.5 Å². The highest BCUT2D eigenvalue weighted by Gasteiger charge is 2.24. The normalized spacial score (nSPS) is 11.7. The fraction of sp³-hybridized carbons (Fsp3) is 0.261. The summed E-state index contributed by atoms with van der Waals surface area (Å²) in [4.78, 5) is 40.1. The fourth-order valence-electron chi connectivity index (χ4n) is 3.28. The van der Waals surface area contributed by atoms with Crippen molar-refractivity contribution in [2.75, 3.05) is 13.7 Å². The second-order valence-electron chi connectivity index (χ2n) is 7.04. The molecule has 0 saturated carbocycles. The summed E-state index contributed by atoms with van der Waals surface area (Å²) in [6, 6.07) is 13.6. The van der Waals surface area contributed by atoms with Gasteiger partial charge >= 0.3 is 5.97 Å². The highest BCUT2D eigenvalue weighted by molar-refractivity contribution is 6.33. The number of H-pyrrole nitrogens is 1. The Morgan fingerprint density at radius 3 is 2.61 bits per heavy atom. The van der Waals surface area contributed by atoms with Gasteiger partial charge in [0.2, 0.25) is 5.91 Å².